The molecular formula is C27H37N3O6S. The second-order valence-corrected chi connectivity index (χ2v) is 11.2. The first-order valence-corrected chi connectivity index (χ1v) is 14.3. The lowest BCUT2D eigenvalue weighted by Gasteiger charge is -2.32. The summed E-state index contributed by atoms with van der Waals surface area (Å²) < 4.78 is 38.5. The van der Waals surface area contributed by atoms with E-state index < -0.39 is 28.5 Å². The van der Waals surface area contributed by atoms with Crippen molar-refractivity contribution in [2.75, 3.05) is 36.4 Å². The van der Waals surface area contributed by atoms with Gasteiger partial charge in [0.05, 0.1) is 11.4 Å². The predicted octanol–water partition coefficient (Wildman–Crippen LogP) is 2.99. The molecule has 0 fully saturated rings. The molecule has 9 nitrogen and oxygen atoms in total. The normalized spacial score (nSPS) is 14.4. The third-order valence-electron chi connectivity index (χ3n) is 6.45. The van der Waals surface area contributed by atoms with Crippen molar-refractivity contribution in [1.82, 2.24) is 10.2 Å². The molecule has 202 valence electrons. The third-order valence-corrected chi connectivity index (χ3v) is 8.19. The molecule has 2 atom stereocenters. The summed E-state index contributed by atoms with van der Waals surface area (Å²) in [5.41, 5.74) is 1.32. The summed E-state index contributed by atoms with van der Waals surface area (Å²) in [5.74, 6) is 0.0161. The lowest BCUT2D eigenvalue weighted by Crippen LogP contribution is -2.53. The molecule has 1 aliphatic rings. The van der Waals surface area contributed by atoms with Crippen LogP contribution in [0.25, 0.3) is 0 Å². The van der Waals surface area contributed by atoms with E-state index in [2.05, 4.69) is 5.32 Å². The van der Waals surface area contributed by atoms with Crippen molar-refractivity contribution in [2.45, 2.75) is 52.6 Å². The Labute approximate surface area is 219 Å². The second kappa shape index (κ2) is 12.8. The molecule has 0 bridgehead atoms. The highest BCUT2D eigenvalue weighted by Gasteiger charge is 2.31. The fourth-order valence-corrected chi connectivity index (χ4v) is 5.00. The summed E-state index contributed by atoms with van der Waals surface area (Å²) in [7, 11) is -3.82. The highest BCUT2D eigenvalue weighted by molar-refractivity contribution is 7.92. The van der Waals surface area contributed by atoms with Crippen molar-refractivity contribution >= 4 is 27.5 Å². The smallest absolute Gasteiger partial charge is 0.244 e. The van der Waals surface area contributed by atoms with Gasteiger partial charge in [-0.1, -0.05) is 37.3 Å². The fourth-order valence-electron chi connectivity index (χ4n) is 3.94. The van der Waals surface area contributed by atoms with Crippen LogP contribution in [0.1, 0.15) is 39.7 Å². The molecule has 0 saturated heterocycles. The number of carbonyl (C=O) groups excluding carboxylic acids is 2. The van der Waals surface area contributed by atoms with Crippen LogP contribution in [0.2, 0.25) is 0 Å². The monoisotopic (exact) mass is 531 g/mol. The Morgan fingerprint density at radius 1 is 1.00 bits per heavy atom. The fraction of sp³-hybridized carbons (Fsp3) is 0.481. The Morgan fingerprint density at radius 3 is 2.32 bits per heavy atom. The maximum atomic E-state index is 13.7. The Balaban J connectivity index is 1.89. The van der Waals surface area contributed by atoms with Gasteiger partial charge in [0, 0.05) is 18.7 Å². The van der Waals surface area contributed by atoms with Gasteiger partial charge in [-0.05, 0) is 51.3 Å². The molecule has 2 aromatic rings. The minimum atomic E-state index is -3.82. The van der Waals surface area contributed by atoms with Crippen molar-refractivity contribution in [2.24, 2.45) is 0 Å². The van der Waals surface area contributed by atoms with Gasteiger partial charge >= 0.3 is 0 Å². The average Bonchev–Trinajstić information content (AvgIpc) is 2.91. The van der Waals surface area contributed by atoms with E-state index in [1.54, 1.807) is 25.1 Å². The van der Waals surface area contributed by atoms with Gasteiger partial charge in [-0.2, -0.15) is 0 Å². The van der Waals surface area contributed by atoms with Crippen molar-refractivity contribution in [3.8, 4) is 11.5 Å². The number of benzene rings is 2. The Bertz CT molecular complexity index is 1170. The highest BCUT2D eigenvalue weighted by Crippen LogP contribution is 2.35. The van der Waals surface area contributed by atoms with Gasteiger partial charge in [0.25, 0.3) is 0 Å². The number of nitrogens with zero attached hydrogens (tertiary/aromatic N) is 2. The number of carbonyl (C=O) groups is 2. The van der Waals surface area contributed by atoms with E-state index in [-0.39, 0.29) is 24.2 Å². The summed E-state index contributed by atoms with van der Waals surface area (Å²) in [6, 6.07) is 13.6. The van der Waals surface area contributed by atoms with Crippen molar-refractivity contribution in [1.29, 1.82) is 0 Å². The Kier molecular flexibility index (Phi) is 9.79. The van der Waals surface area contributed by atoms with E-state index in [1.807, 2.05) is 44.2 Å². The summed E-state index contributed by atoms with van der Waals surface area (Å²) >= 11 is 0. The van der Waals surface area contributed by atoms with Crippen LogP contribution < -0.4 is 19.1 Å². The number of rotatable bonds is 12. The molecule has 1 aliphatic heterocycles. The minimum absolute atomic E-state index is 0.0456. The largest absolute Gasteiger partial charge is 0.486 e. The van der Waals surface area contributed by atoms with Crippen molar-refractivity contribution < 1.29 is 27.5 Å². The number of ether oxygens (including phenoxy) is 2. The Hall–Kier alpha value is -3.27. The van der Waals surface area contributed by atoms with Crippen molar-refractivity contribution in [3.05, 3.63) is 54.1 Å². The van der Waals surface area contributed by atoms with Crippen LogP contribution in [0.4, 0.5) is 5.69 Å². The lowest BCUT2D eigenvalue weighted by molar-refractivity contribution is -0.139. The molecule has 3 rings (SSSR count). The van der Waals surface area contributed by atoms with Gasteiger partial charge in [-0.15, -0.1) is 0 Å². The zero-order valence-corrected chi connectivity index (χ0v) is 22.8. The third kappa shape index (κ3) is 7.38. The number of hydrogen-bond donors (Lipinski definition) is 1. The zero-order chi connectivity index (χ0) is 27.0. The molecule has 1 heterocycles. The number of amides is 2. The average molecular weight is 532 g/mol. The second-order valence-electron chi connectivity index (χ2n) is 9.05. The minimum Gasteiger partial charge on any atom is -0.486 e. The van der Waals surface area contributed by atoms with Crippen molar-refractivity contribution in [3.63, 3.8) is 0 Å². The maximum Gasteiger partial charge on any atom is 0.244 e. The first-order chi connectivity index (χ1) is 17.7. The summed E-state index contributed by atoms with van der Waals surface area (Å²) in [6.07, 6.45) is 1.28. The molecule has 37 heavy (non-hydrogen) atoms. The summed E-state index contributed by atoms with van der Waals surface area (Å²) in [5, 5.41) is 2.93. The number of fused-ring (bicyclic) bond motifs is 1. The number of hydrogen-bond acceptors (Lipinski definition) is 6. The molecule has 0 radical (unpaired) electrons. The molecule has 10 heteroatoms. The van der Waals surface area contributed by atoms with E-state index in [0.29, 0.717) is 36.8 Å². The summed E-state index contributed by atoms with van der Waals surface area (Å²) in [4.78, 5) is 28.1. The quantitative estimate of drug-likeness (QED) is 0.452. The van der Waals surface area contributed by atoms with E-state index in [1.165, 1.54) is 11.8 Å². The van der Waals surface area contributed by atoms with Crippen LogP contribution in [-0.4, -0.2) is 69.3 Å². The predicted molar refractivity (Wildman–Crippen MR) is 143 cm³/mol. The molecule has 2 unspecified atom stereocenters. The molecule has 2 aromatic carbocycles. The van der Waals surface area contributed by atoms with Crippen LogP contribution in [0.5, 0.6) is 11.5 Å². The first kappa shape index (κ1) is 28.3. The van der Waals surface area contributed by atoms with Gasteiger partial charge in [-0.3, -0.25) is 13.9 Å². The molecule has 2 amide bonds. The van der Waals surface area contributed by atoms with E-state index >= 15 is 0 Å². The van der Waals surface area contributed by atoms with Crippen LogP contribution in [0, 0.1) is 0 Å². The van der Waals surface area contributed by atoms with Gasteiger partial charge in [0.2, 0.25) is 21.8 Å². The van der Waals surface area contributed by atoms with Crippen LogP contribution in [0.3, 0.4) is 0 Å². The number of nitrogens with one attached hydrogen (secondary N) is 1. The maximum absolute atomic E-state index is 13.7. The molecule has 0 aromatic heterocycles. The Morgan fingerprint density at radius 2 is 1.68 bits per heavy atom. The number of anilines is 1. The molecule has 1 N–H and O–H groups in total. The van der Waals surface area contributed by atoms with E-state index in [9.17, 15) is 18.0 Å². The van der Waals surface area contributed by atoms with E-state index in [0.717, 1.165) is 16.3 Å². The van der Waals surface area contributed by atoms with Crippen LogP contribution in [-0.2, 0) is 26.0 Å². The topological polar surface area (TPSA) is 105 Å². The van der Waals surface area contributed by atoms with Gasteiger partial charge in [0.1, 0.15) is 25.8 Å². The highest BCUT2D eigenvalue weighted by atomic mass is 32.2. The van der Waals surface area contributed by atoms with Gasteiger partial charge in [-0.25, -0.2) is 8.42 Å². The standard InChI is InChI=1S/C27H37N3O6S/c1-5-20(3)28-27(32)21(4)29(15-14-22-10-8-7-9-11-22)26(31)19-30(37(33,34)6-2)23-12-13-24-25(18-23)36-17-16-35-24/h7-13,18,20-21H,5-6,14-17,19H2,1-4H3,(H,28,32). The lowest BCUT2D eigenvalue weighted by atomic mass is 10.1. The first-order valence-electron chi connectivity index (χ1n) is 12.7. The van der Waals surface area contributed by atoms with Gasteiger partial charge in [0.15, 0.2) is 11.5 Å². The molecule has 0 saturated carbocycles. The molecule has 0 aliphatic carbocycles. The van der Waals surface area contributed by atoms with E-state index in [4.69, 9.17) is 9.47 Å². The number of sulfonamides is 1. The zero-order valence-electron chi connectivity index (χ0n) is 22.0. The van der Waals surface area contributed by atoms with Crippen LogP contribution >= 0.6 is 0 Å². The van der Waals surface area contributed by atoms with Crippen LogP contribution in [0.15, 0.2) is 48.5 Å². The summed E-state index contributed by atoms with van der Waals surface area (Å²) in [6.45, 7) is 7.65. The molecular weight excluding hydrogens is 494 g/mol. The SMILES string of the molecule is CCC(C)NC(=O)C(C)N(CCc1ccccc1)C(=O)CN(c1ccc2c(c1)OCCO2)S(=O)(=O)CC. The molecule has 0 spiro atoms. The van der Waals surface area contributed by atoms with Gasteiger partial charge < -0.3 is 19.7 Å².